The van der Waals surface area contributed by atoms with Gasteiger partial charge in [0.25, 0.3) is 0 Å². The van der Waals surface area contributed by atoms with E-state index in [-0.39, 0.29) is 25.7 Å². The number of hydrogen-bond donors (Lipinski definition) is 3. The van der Waals surface area contributed by atoms with Gasteiger partial charge in [-0.2, -0.15) is 0 Å². The molecule has 0 aromatic rings. The summed E-state index contributed by atoms with van der Waals surface area (Å²) in [6, 6.07) is 0. The smallest absolute Gasteiger partial charge is 0.462 e. The number of unbranched alkanes of at least 4 members (excludes halogenated alkanes) is 30. The van der Waals surface area contributed by atoms with Crippen molar-refractivity contribution < 1.29 is 80.2 Å². The van der Waals surface area contributed by atoms with Crippen LogP contribution in [0.4, 0.5) is 0 Å². The Labute approximate surface area is 505 Å². The van der Waals surface area contributed by atoms with Gasteiger partial charge in [-0.15, -0.1) is 0 Å². The molecule has 0 aliphatic carbocycles. The Morgan fingerprint density at radius 2 is 0.554 bits per heavy atom. The van der Waals surface area contributed by atoms with E-state index < -0.39 is 97.5 Å². The van der Waals surface area contributed by atoms with E-state index in [0.717, 1.165) is 108 Å². The van der Waals surface area contributed by atoms with Crippen LogP contribution in [0.5, 0.6) is 0 Å². The molecule has 0 aliphatic heterocycles. The van der Waals surface area contributed by atoms with E-state index in [2.05, 4.69) is 48.5 Å². The van der Waals surface area contributed by atoms with Gasteiger partial charge in [0.2, 0.25) is 0 Å². The van der Waals surface area contributed by atoms with Crippen molar-refractivity contribution in [3.8, 4) is 0 Å². The normalized spacial score (nSPS) is 14.4. The zero-order valence-corrected chi connectivity index (χ0v) is 55.4. The molecule has 2 unspecified atom stereocenters. The Balaban J connectivity index is 5.14. The van der Waals surface area contributed by atoms with Crippen molar-refractivity contribution in [3.63, 3.8) is 0 Å². The first-order chi connectivity index (χ1) is 39.7. The number of carbonyl (C=O) groups is 4. The summed E-state index contributed by atoms with van der Waals surface area (Å²) in [5.41, 5.74) is 0. The average molecular weight is 1230 g/mol. The van der Waals surface area contributed by atoms with Gasteiger partial charge in [-0.1, -0.05) is 260 Å². The Morgan fingerprint density at radius 1 is 0.325 bits per heavy atom. The molecular formula is C64H124O17P2. The molecule has 83 heavy (non-hydrogen) atoms. The van der Waals surface area contributed by atoms with Gasteiger partial charge in [0.05, 0.1) is 26.4 Å². The molecule has 0 fully saturated rings. The maximum Gasteiger partial charge on any atom is 0.472 e. The number of rotatable bonds is 62. The lowest BCUT2D eigenvalue weighted by molar-refractivity contribution is -0.161. The Kier molecular flexibility index (Phi) is 54.1. The van der Waals surface area contributed by atoms with Crippen LogP contribution in [0.25, 0.3) is 0 Å². The van der Waals surface area contributed by atoms with Crippen LogP contribution in [0, 0.1) is 17.8 Å². The maximum atomic E-state index is 13.0. The zero-order chi connectivity index (χ0) is 61.7. The van der Waals surface area contributed by atoms with E-state index in [9.17, 15) is 43.2 Å². The quantitative estimate of drug-likeness (QED) is 0.0222. The standard InChI is InChI=1S/C64H124O17P2/c1-8-9-10-28-38-45-61(66)74-51-59(81-64(69)48-41-34-27-26-31-37-44-57(6)7)53-78-82(70,71)76-49-58(65)50-77-83(72,73)79-54-60(52-75-62(67)46-39-32-24-21-20-23-30-36-43-56(4)5)80-63(68)47-40-33-25-19-17-15-13-11-12-14-16-18-22-29-35-42-55(2)3/h55-60,65H,8-54H2,1-7H3,(H,70,71)(H,72,73)/t58-,59+,60+/m0/s1. The summed E-state index contributed by atoms with van der Waals surface area (Å²) in [5.74, 6) is 0.0479. The monoisotopic (exact) mass is 1230 g/mol. The fraction of sp³-hybridized carbons (Fsp3) is 0.938. The van der Waals surface area contributed by atoms with Gasteiger partial charge >= 0.3 is 39.5 Å². The molecule has 0 rings (SSSR count). The highest BCUT2D eigenvalue weighted by Crippen LogP contribution is 2.45. The predicted octanol–water partition coefficient (Wildman–Crippen LogP) is 17.5. The van der Waals surface area contributed by atoms with Crippen LogP contribution in [-0.2, 0) is 65.4 Å². The molecule has 0 bridgehead atoms. The van der Waals surface area contributed by atoms with Crippen molar-refractivity contribution >= 4 is 39.5 Å². The summed E-state index contributed by atoms with van der Waals surface area (Å²) < 4.78 is 67.7. The van der Waals surface area contributed by atoms with Gasteiger partial charge in [-0.05, 0) is 43.4 Å². The van der Waals surface area contributed by atoms with Crippen molar-refractivity contribution in [1.82, 2.24) is 0 Å². The second-order valence-electron chi connectivity index (χ2n) is 24.6. The van der Waals surface area contributed by atoms with Crippen LogP contribution >= 0.6 is 15.6 Å². The molecule has 3 N–H and O–H groups in total. The highest BCUT2D eigenvalue weighted by atomic mass is 31.2. The van der Waals surface area contributed by atoms with Crippen LogP contribution in [0.1, 0.15) is 312 Å². The highest BCUT2D eigenvalue weighted by molar-refractivity contribution is 7.47. The number of aliphatic hydroxyl groups excluding tert-OH is 1. The summed E-state index contributed by atoms with van der Waals surface area (Å²) in [4.78, 5) is 71.9. The molecule has 0 radical (unpaired) electrons. The number of ether oxygens (including phenoxy) is 4. The highest BCUT2D eigenvalue weighted by Gasteiger charge is 2.30. The molecular weight excluding hydrogens is 1100 g/mol. The minimum Gasteiger partial charge on any atom is -0.462 e. The van der Waals surface area contributed by atoms with E-state index in [1.807, 2.05) is 0 Å². The molecule has 19 heteroatoms. The third-order valence-electron chi connectivity index (χ3n) is 14.6. The zero-order valence-electron chi connectivity index (χ0n) is 53.6. The fourth-order valence-electron chi connectivity index (χ4n) is 9.48. The molecule has 0 amide bonds. The van der Waals surface area contributed by atoms with E-state index >= 15 is 0 Å². The van der Waals surface area contributed by atoms with Crippen molar-refractivity contribution in [2.45, 2.75) is 330 Å². The lowest BCUT2D eigenvalue weighted by Crippen LogP contribution is -2.30. The average Bonchev–Trinajstić information content (AvgIpc) is 3.43. The second kappa shape index (κ2) is 55.4. The number of hydrogen-bond acceptors (Lipinski definition) is 15. The predicted molar refractivity (Wildman–Crippen MR) is 331 cm³/mol. The Hall–Kier alpha value is -1.94. The van der Waals surface area contributed by atoms with Gasteiger partial charge in [-0.3, -0.25) is 37.3 Å². The van der Waals surface area contributed by atoms with Crippen LogP contribution < -0.4 is 0 Å². The maximum absolute atomic E-state index is 13.0. The van der Waals surface area contributed by atoms with E-state index in [1.165, 1.54) is 116 Å². The minimum absolute atomic E-state index is 0.101. The van der Waals surface area contributed by atoms with Crippen LogP contribution in [0.15, 0.2) is 0 Å². The SMILES string of the molecule is CCCCCCCC(=O)OC[C@H](COP(=O)(O)OC[C@H](O)COP(=O)(O)OC[C@@H](COC(=O)CCCCCCCCCCC(C)C)OC(=O)CCCCCCCCCCCCCCCCCC(C)C)OC(=O)CCCCCCCCC(C)C. The van der Waals surface area contributed by atoms with E-state index in [0.29, 0.717) is 31.6 Å². The summed E-state index contributed by atoms with van der Waals surface area (Å²) in [6.07, 6.45) is 36.8. The number of phosphoric acid groups is 2. The first kappa shape index (κ1) is 81.1. The molecule has 0 spiro atoms. The molecule has 17 nitrogen and oxygen atoms in total. The first-order valence-corrected chi connectivity index (χ1v) is 36.3. The number of aliphatic hydroxyl groups is 1. The van der Waals surface area contributed by atoms with E-state index in [4.69, 9.17) is 37.0 Å². The summed E-state index contributed by atoms with van der Waals surface area (Å²) in [7, 11) is -9.88. The number of phosphoric ester groups is 2. The third kappa shape index (κ3) is 58.8. The molecule has 0 aromatic carbocycles. The van der Waals surface area contributed by atoms with Gasteiger partial charge in [0, 0.05) is 25.7 Å². The van der Waals surface area contributed by atoms with Crippen molar-refractivity contribution in [1.29, 1.82) is 0 Å². The van der Waals surface area contributed by atoms with E-state index in [1.54, 1.807) is 0 Å². The number of esters is 4. The molecule has 0 saturated heterocycles. The van der Waals surface area contributed by atoms with Gasteiger partial charge in [-0.25, -0.2) is 9.13 Å². The Morgan fingerprint density at radius 3 is 0.819 bits per heavy atom. The van der Waals surface area contributed by atoms with Gasteiger partial charge in [0.1, 0.15) is 19.3 Å². The summed E-state index contributed by atoms with van der Waals surface area (Å²) in [5, 5.41) is 10.5. The lowest BCUT2D eigenvalue weighted by atomic mass is 10.0. The van der Waals surface area contributed by atoms with Crippen LogP contribution in [0.2, 0.25) is 0 Å². The lowest BCUT2D eigenvalue weighted by Gasteiger charge is -2.21. The Bertz CT molecular complexity index is 1650. The van der Waals surface area contributed by atoms with Gasteiger partial charge in [0.15, 0.2) is 12.2 Å². The molecule has 0 aromatic heterocycles. The topological polar surface area (TPSA) is 237 Å². The molecule has 0 saturated carbocycles. The summed E-state index contributed by atoms with van der Waals surface area (Å²) in [6.45, 7) is 11.6. The van der Waals surface area contributed by atoms with Crippen LogP contribution in [-0.4, -0.2) is 96.7 Å². The second-order valence-corrected chi connectivity index (χ2v) is 27.5. The van der Waals surface area contributed by atoms with Crippen LogP contribution in [0.3, 0.4) is 0 Å². The minimum atomic E-state index is -4.94. The fourth-order valence-corrected chi connectivity index (χ4v) is 11.1. The molecule has 492 valence electrons. The van der Waals surface area contributed by atoms with Gasteiger partial charge < -0.3 is 33.8 Å². The van der Waals surface area contributed by atoms with Crippen molar-refractivity contribution in [2.75, 3.05) is 39.6 Å². The first-order valence-electron chi connectivity index (χ1n) is 33.3. The third-order valence-corrected chi connectivity index (χ3v) is 16.5. The van der Waals surface area contributed by atoms with Crippen molar-refractivity contribution in [2.24, 2.45) is 17.8 Å². The number of carbonyl (C=O) groups excluding carboxylic acids is 4. The molecule has 0 heterocycles. The summed E-state index contributed by atoms with van der Waals surface area (Å²) >= 11 is 0. The molecule has 0 aliphatic rings. The molecule has 5 atom stereocenters. The van der Waals surface area contributed by atoms with Crippen molar-refractivity contribution in [3.05, 3.63) is 0 Å². The largest absolute Gasteiger partial charge is 0.472 e.